The predicted molar refractivity (Wildman–Crippen MR) is 65.0 cm³/mol. The molecular weight excluding hydrogens is 236 g/mol. The zero-order chi connectivity index (χ0) is 13.0. The van der Waals surface area contributed by atoms with E-state index in [0.29, 0.717) is 6.54 Å². The molecule has 2 aromatic rings. The largest absolute Gasteiger partial charge is 0.308 e. The summed E-state index contributed by atoms with van der Waals surface area (Å²) < 4.78 is 27.7. The fraction of sp³-hybridized carbons (Fsp3) is 0.308. The van der Waals surface area contributed by atoms with Gasteiger partial charge in [0.25, 0.3) is 0 Å². The highest BCUT2D eigenvalue weighted by atomic mass is 19.2. The highest BCUT2D eigenvalue weighted by Gasteiger charge is 2.08. The smallest absolute Gasteiger partial charge is 0.159 e. The standard InChI is InChI=1S/C13H15F2N3/c1-10(11-3-4-12(14)13(15)9-11)16-6-8-18-7-2-5-17-18/h2-5,7,9-10,16H,6,8H2,1H3. The van der Waals surface area contributed by atoms with Crippen LogP contribution >= 0.6 is 0 Å². The summed E-state index contributed by atoms with van der Waals surface area (Å²) in [5.74, 6) is -1.63. The second-order valence-corrected chi connectivity index (χ2v) is 4.12. The van der Waals surface area contributed by atoms with Gasteiger partial charge in [0.2, 0.25) is 0 Å². The van der Waals surface area contributed by atoms with Gasteiger partial charge in [-0.1, -0.05) is 6.07 Å². The van der Waals surface area contributed by atoms with Crippen LogP contribution in [0.25, 0.3) is 0 Å². The van der Waals surface area contributed by atoms with Crippen LogP contribution in [0.5, 0.6) is 0 Å². The highest BCUT2D eigenvalue weighted by Crippen LogP contribution is 2.15. The van der Waals surface area contributed by atoms with Crippen LogP contribution in [0.2, 0.25) is 0 Å². The fourth-order valence-corrected chi connectivity index (χ4v) is 1.73. The van der Waals surface area contributed by atoms with Crippen molar-refractivity contribution in [2.24, 2.45) is 0 Å². The molecular formula is C13H15F2N3. The van der Waals surface area contributed by atoms with Gasteiger partial charge in [-0.25, -0.2) is 8.78 Å². The Morgan fingerprint density at radius 3 is 2.83 bits per heavy atom. The van der Waals surface area contributed by atoms with Crippen molar-refractivity contribution in [2.45, 2.75) is 19.5 Å². The van der Waals surface area contributed by atoms with Crippen molar-refractivity contribution >= 4 is 0 Å². The Balaban J connectivity index is 1.87. The summed E-state index contributed by atoms with van der Waals surface area (Å²) in [4.78, 5) is 0. The molecule has 3 nitrogen and oxygen atoms in total. The molecule has 1 aromatic heterocycles. The number of rotatable bonds is 5. The van der Waals surface area contributed by atoms with E-state index in [9.17, 15) is 8.78 Å². The minimum Gasteiger partial charge on any atom is -0.308 e. The summed E-state index contributed by atoms with van der Waals surface area (Å²) in [6.45, 7) is 3.36. The molecule has 0 aliphatic heterocycles. The number of nitrogens with zero attached hydrogens (tertiary/aromatic N) is 2. The van der Waals surface area contributed by atoms with Crippen LogP contribution < -0.4 is 5.32 Å². The van der Waals surface area contributed by atoms with Crippen LogP contribution in [0.3, 0.4) is 0 Å². The van der Waals surface area contributed by atoms with E-state index >= 15 is 0 Å². The second-order valence-electron chi connectivity index (χ2n) is 4.12. The first-order valence-corrected chi connectivity index (χ1v) is 5.82. The molecule has 1 aromatic carbocycles. The average Bonchev–Trinajstić information content (AvgIpc) is 2.85. The number of hydrogen-bond acceptors (Lipinski definition) is 2. The van der Waals surface area contributed by atoms with E-state index in [-0.39, 0.29) is 6.04 Å². The molecule has 5 heteroatoms. The summed E-state index contributed by atoms with van der Waals surface area (Å²) in [6, 6.07) is 5.79. The minimum absolute atomic E-state index is 0.0318. The fourth-order valence-electron chi connectivity index (χ4n) is 1.73. The van der Waals surface area contributed by atoms with E-state index in [1.54, 1.807) is 12.3 Å². The van der Waals surface area contributed by atoms with Crippen molar-refractivity contribution in [1.29, 1.82) is 0 Å². The first kappa shape index (κ1) is 12.7. The first-order valence-electron chi connectivity index (χ1n) is 5.82. The lowest BCUT2D eigenvalue weighted by Gasteiger charge is -2.14. The van der Waals surface area contributed by atoms with Gasteiger partial charge in [0.1, 0.15) is 0 Å². The van der Waals surface area contributed by atoms with Gasteiger partial charge in [-0.3, -0.25) is 4.68 Å². The Hall–Kier alpha value is -1.75. The maximum absolute atomic E-state index is 13.1. The van der Waals surface area contributed by atoms with Gasteiger partial charge in [-0.15, -0.1) is 0 Å². The molecule has 1 unspecified atom stereocenters. The summed E-state index contributed by atoms with van der Waals surface area (Å²) in [5, 5.41) is 7.31. The van der Waals surface area contributed by atoms with E-state index in [4.69, 9.17) is 0 Å². The van der Waals surface area contributed by atoms with Crippen molar-refractivity contribution in [1.82, 2.24) is 15.1 Å². The second kappa shape index (κ2) is 5.73. The van der Waals surface area contributed by atoms with Gasteiger partial charge in [0, 0.05) is 25.0 Å². The Labute approximate surface area is 104 Å². The maximum Gasteiger partial charge on any atom is 0.159 e. The minimum atomic E-state index is -0.817. The lowest BCUT2D eigenvalue weighted by Crippen LogP contribution is -2.23. The third-order valence-electron chi connectivity index (χ3n) is 2.79. The number of aromatic nitrogens is 2. The van der Waals surface area contributed by atoms with Crippen LogP contribution in [0.1, 0.15) is 18.5 Å². The first-order chi connectivity index (χ1) is 8.66. The topological polar surface area (TPSA) is 29.9 Å². The number of nitrogens with one attached hydrogen (secondary N) is 1. The van der Waals surface area contributed by atoms with E-state index in [2.05, 4.69) is 10.4 Å². The maximum atomic E-state index is 13.1. The Morgan fingerprint density at radius 1 is 1.33 bits per heavy atom. The Morgan fingerprint density at radius 2 is 2.17 bits per heavy atom. The van der Waals surface area contributed by atoms with Crippen molar-refractivity contribution in [3.8, 4) is 0 Å². The summed E-state index contributed by atoms with van der Waals surface area (Å²) in [5.41, 5.74) is 0.731. The lowest BCUT2D eigenvalue weighted by molar-refractivity contribution is 0.490. The molecule has 0 aliphatic carbocycles. The Bertz CT molecular complexity index is 497. The van der Waals surface area contributed by atoms with Crippen LogP contribution in [0.15, 0.2) is 36.7 Å². The zero-order valence-electron chi connectivity index (χ0n) is 10.1. The van der Waals surface area contributed by atoms with Crippen LogP contribution in [-0.2, 0) is 6.54 Å². The molecule has 96 valence electrons. The molecule has 0 saturated heterocycles. The quantitative estimate of drug-likeness (QED) is 0.885. The predicted octanol–water partition coefficient (Wildman–Crippen LogP) is 2.51. The van der Waals surface area contributed by atoms with Crippen molar-refractivity contribution < 1.29 is 8.78 Å². The molecule has 1 N–H and O–H groups in total. The van der Waals surface area contributed by atoms with E-state index in [0.717, 1.165) is 18.2 Å². The molecule has 0 bridgehead atoms. The van der Waals surface area contributed by atoms with Gasteiger partial charge >= 0.3 is 0 Å². The van der Waals surface area contributed by atoms with Gasteiger partial charge in [0.15, 0.2) is 11.6 Å². The SMILES string of the molecule is CC(NCCn1cccn1)c1ccc(F)c(F)c1. The molecule has 2 rings (SSSR count). The molecule has 1 heterocycles. The van der Waals surface area contributed by atoms with Gasteiger partial charge in [0.05, 0.1) is 6.54 Å². The molecule has 0 aliphatic rings. The van der Waals surface area contributed by atoms with Crippen LogP contribution in [0.4, 0.5) is 8.78 Å². The van der Waals surface area contributed by atoms with Crippen molar-refractivity contribution in [2.75, 3.05) is 6.54 Å². The lowest BCUT2D eigenvalue weighted by atomic mass is 10.1. The van der Waals surface area contributed by atoms with Gasteiger partial charge in [-0.05, 0) is 30.7 Å². The molecule has 1 atom stereocenters. The van der Waals surface area contributed by atoms with E-state index < -0.39 is 11.6 Å². The highest BCUT2D eigenvalue weighted by molar-refractivity contribution is 5.20. The third-order valence-corrected chi connectivity index (χ3v) is 2.79. The van der Waals surface area contributed by atoms with Gasteiger partial charge < -0.3 is 5.32 Å². The summed E-state index contributed by atoms with van der Waals surface area (Å²) in [7, 11) is 0. The number of benzene rings is 1. The number of hydrogen-bond donors (Lipinski definition) is 1. The monoisotopic (exact) mass is 251 g/mol. The van der Waals surface area contributed by atoms with E-state index in [1.165, 1.54) is 6.07 Å². The van der Waals surface area contributed by atoms with E-state index in [1.807, 2.05) is 23.9 Å². The van der Waals surface area contributed by atoms with Gasteiger partial charge in [-0.2, -0.15) is 5.10 Å². The van der Waals surface area contributed by atoms with Crippen LogP contribution in [0, 0.1) is 11.6 Å². The van der Waals surface area contributed by atoms with Crippen molar-refractivity contribution in [3.63, 3.8) is 0 Å². The molecule has 0 saturated carbocycles. The normalized spacial score (nSPS) is 12.6. The molecule has 18 heavy (non-hydrogen) atoms. The van der Waals surface area contributed by atoms with Crippen LogP contribution in [-0.4, -0.2) is 16.3 Å². The number of halogens is 2. The summed E-state index contributed by atoms with van der Waals surface area (Å²) >= 11 is 0. The zero-order valence-corrected chi connectivity index (χ0v) is 10.1. The molecule has 0 fully saturated rings. The molecule has 0 radical (unpaired) electrons. The Kier molecular flexibility index (Phi) is 4.04. The summed E-state index contributed by atoms with van der Waals surface area (Å²) in [6.07, 6.45) is 3.60. The molecule has 0 amide bonds. The third kappa shape index (κ3) is 3.13. The average molecular weight is 251 g/mol. The van der Waals surface area contributed by atoms with Crippen molar-refractivity contribution in [3.05, 3.63) is 53.9 Å². The molecule has 0 spiro atoms.